The van der Waals surface area contributed by atoms with Crippen LogP contribution in [0.4, 0.5) is 5.69 Å². The highest BCUT2D eigenvalue weighted by atomic mass is 16.5. The first-order valence-electron chi connectivity index (χ1n) is 6.80. The number of hydrogen-bond acceptors (Lipinski definition) is 4. The molecule has 1 fully saturated rings. The van der Waals surface area contributed by atoms with Crippen LogP contribution >= 0.6 is 0 Å². The summed E-state index contributed by atoms with van der Waals surface area (Å²) in [5, 5.41) is 8.93. The predicted molar refractivity (Wildman–Crippen MR) is 73.9 cm³/mol. The van der Waals surface area contributed by atoms with Crippen LogP contribution in [0.5, 0.6) is 5.75 Å². The number of rotatable bonds is 3. The lowest BCUT2D eigenvalue weighted by Gasteiger charge is -2.18. The first-order chi connectivity index (χ1) is 9.72. The lowest BCUT2D eigenvalue weighted by molar-refractivity contribution is -0.118. The molecule has 0 aromatic heterocycles. The average molecular weight is 275 g/mol. The van der Waals surface area contributed by atoms with E-state index < -0.39 is 0 Å². The maximum atomic E-state index is 12.1. The molecular weight excluding hydrogens is 258 g/mol. The highest BCUT2D eigenvalue weighted by Crippen LogP contribution is 2.28. The number of carbonyl (C=O) groups excluding carboxylic acids is 2. The van der Waals surface area contributed by atoms with Gasteiger partial charge in [0.05, 0.1) is 5.69 Å². The first-order valence-corrected chi connectivity index (χ1v) is 6.80. The summed E-state index contributed by atoms with van der Waals surface area (Å²) in [6, 6.07) is 5.41. The summed E-state index contributed by atoms with van der Waals surface area (Å²) in [6.07, 6.45) is 2.25. The second-order valence-electron chi connectivity index (χ2n) is 5.05. The van der Waals surface area contributed by atoms with Crippen molar-refractivity contribution in [2.75, 3.05) is 25.0 Å². The zero-order valence-corrected chi connectivity index (χ0v) is 11.1. The van der Waals surface area contributed by atoms with Gasteiger partial charge in [0.1, 0.15) is 5.75 Å². The second-order valence-corrected chi connectivity index (χ2v) is 5.05. The minimum Gasteiger partial charge on any atom is -0.482 e. The van der Waals surface area contributed by atoms with Crippen LogP contribution in [0.25, 0.3) is 0 Å². The molecule has 6 heteroatoms. The van der Waals surface area contributed by atoms with E-state index in [4.69, 9.17) is 4.74 Å². The molecule has 2 heterocycles. The smallest absolute Gasteiger partial charge is 0.262 e. The molecule has 2 amide bonds. The van der Waals surface area contributed by atoms with Crippen molar-refractivity contribution in [2.45, 2.75) is 18.9 Å². The van der Waals surface area contributed by atoms with Crippen LogP contribution in [0.15, 0.2) is 18.2 Å². The highest BCUT2D eigenvalue weighted by molar-refractivity contribution is 5.99. The Morgan fingerprint density at radius 2 is 2.35 bits per heavy atom. The van der Waals surface area contributed by atoms with E-state index in [2.05, 4.69) is 16.0 Å². The van der Waals surface area contributed by atoms with E-state index in [1.165, 1.54) is 0 Å². The number of hydrogen-bond donors (Lipinski definition) is 3. The Morgan fingerprint density at radius 3 is 3.15 bits per heavy atom. The van der Waals surface area contributed by atoms with Crippen LogP contribution in [0.1, 0.15) is 23.2 Å². The van der Waals surface area contributed by atoms with Crippen molar-refractivity contribution in [2.24, 2.45) is 0 Å². The van der Waals surface area contributed by atoms with Crippen LogP contribution in [0.3, 0.4) is 0 Å². The molecule has 2 aliphatic heterocycles. The van der Waals surface area contributed by atoms with Crippen molar-refractivity contribution in [1.82, 2.24) is 10.6 Å². The normalized spacial score (nSPS) is 20.8. The van der Waals surface area contributed by atoms with E-state index in [0.29, 0.717) is 29.6 Å². The van der Waals surface area contributed by atoms with Gasteiger partial charge in [-0.2, -0.15) is 0 Å². The molecule has 1 saturated heterocycles. The molecule has 1 aromatic rings. The molecule has 20 heavy (non-hydrogen) atoms. The van der Waals surface area contributed by atoms with Crippen LogP contribution in [0, 0.1) is 0 Å². The molecule has 0 bridgehead atoms. The molecule has 1 atom stereocenters. The molecule has 3 rings (SSSR count). The van der Waals surface area contributed by atoms with Gasteiger partial charge in [-0.05, 0) is 37.6 Å². The van der Waals surface area contributed by atoms with Crippen molar-refractivity contribution >= 4 is 17.5 Å². The van der Waals surface area contributed by atoms with E-state index in [-0.39, 0.29) is 18.4 Å². The Balaban J connectivity index is 1.65. The molecular formula is C14H17N3O3. The lowest BCUT2D eigenvalue weighted by Crippen LogP contribution is -2.37. The monoisotopic (exact) mass is 275 g/mol. The SMILES string of the molecule is O=C1COc2ccc(C(=O)NCC3CCCN3)cc2N1. The number of anilines is 1. The van der Waals surface area contributed by atoms with E-state index >= 15 is 0 Å². The van der Waals surface area contributed by atoms with Crippen LogP contribution in [0.2, 0.25) is 0 Å². The minimum absolute atomic E-state index is 0.0197. The largest absolute Gasteiger partial charge is 0.482 e. The molecule has 0 spiro atoms. The summed E-state index contributed by atoms with van der Waals surface area (Å²) in [4.78, 5) is 23.3. The van der Waals surface area contributed by atoms with Gasteiger partial charge in [-0.1, -0.05) is 0 Å². The molecule has 3 N–H and O–H groups in total. The van der Waals surface area contributed by atoms with E-state index in [1.807, 2.05) is 0 Å². The number of fused-ring (bicyclic) bond motifs is 1. The van der Waals surface area contributed by atoms with Gasteiger partial charge in [0.25, 0.3) is 11.8 Å². The fraction of sp³-hybridized carbons (Fsp3) is 0.429. The Labute approximate surface area is 116 Å². The highest BCUT2D eigenvalue weighted by Gasteiger charge is 2.19. The van der Waals surface area contributed by atoms with Gasteiger partial charge in [-0.15, -0.1) is 0 Å². The molecule has 0 radical (unpaired) electrons. The molecule has 0 saturated carbocycles. The molecule has 6 nitrogen and oxygen atoms in total. The van der Waals surface area contributed by atoms with Crippen LogP contribution in [-0.2, 0) is 4.79 Å². The second kappa shape index (κ2) is 5.50. The standard InChI is InChI=1S/C14H17N3O3/c18-13-8-20-12-4-3-9(6-11(12)17-13)14(19)16-7-10-2-1-5-15-10/h3-4,6,10,15H,1-2,5,7-8H2,(H,16,19)(H,17,18). The number of benzene rings is 1. The Hall–Kier alpha value is -2.08. The van der Waals surface area contributed by atoms with Gasteiger partial charge in [-0.3, -0.25) is 9.59 Å². The zero-order valence-electron chi connectivity index (χ0n) is 11.1. The number of amides is 2. The predicted octanol–water partition coefficient (Wildman–Crippen LogP) is 0.499. The van der Waals surface area contributed by atoms with Gasteiger partial charge in [0.2, 0.25) is 0 Å². The van der Waals surface area contributed by atoms with Gasteiger partial charge in [0, 0.05) is 18.2 Å². The Kier molecular flexibility index (Phi) is 3.56. The third-order valence-electron chi connectivity index (χ3n) is 3.55. The minimum atomic E-state index is -0.204. The van der Waals surface area contributed by atoms with Crippen molar-refractivity contribution in [1.29, 1.82) is 0 Å². The van der Waals surface area contributed by atoms with Gasteiger partial charge in [0.15, 0.2) is 6.61 Å². The molecule has 1 aromatic carbocycles. The summed E-state index contributed by atoms with van der Waals surface area (Å²) in [5.74, 6) is 0.255. The van der Waals surface area contributed by atoms with E-state index in [1.54, 1.807) is 18.2 Å². The summed E-state index contributed by atoms with van der Waals surface area (Å²) in [6.45, 7) is 1.66. The quantitative estimate of drug-likeness (QED) is 0.750. The van der Waals surface area contributed by atoms with Crippen molar-refractivity contribution in [3.05, 3.63) is 23.8 Å². The number of ether oxygens (including phenoxy) is 1. The van der Waals surface area contributed by atoms with E-state index in [0.717, 1.165) is 19.4 Å². The first kappa shape index (κ1) is 12.9. The van der Waals surface area contributed by atoms with Crippen molar-refractivity contribution < 1.29 is 14.3 Å². The van der Waals surface area contributed by atoms with Crippen molar-refractivity contribution in [3.63, 3.8) is 0 Å². The summed E-state index contributed by atoms with van der Waals surface area (Å²) < 4.78 is 5.26. The third kappa shape index (κ3) is 2.75. The molecule has 0 aliphatic carbocycles. The maximum Gasteiger partial charge on any atom is 0.262 e. The van der Waals surface area contributed by atoms with Crippen LogP contribution in [-0.4, -0.2) is 37.6 Å². The fourth-order valence-corrected chi connectivity index (χ4v) is 2.47. The fourth-order valence-electron chi connectivity index (χ4n) is 2.47. The van der Waals surface area contributed by atoms with Crippen molar-refractivity contribution in [3.8, 4) is 5.75 Å². The molecule has 1 unspecified atom stereocenters. The topological polar surface area (TPSA) is 79.5 Å². The zero-order chi connectivity index (χ0) is 13.9. The van der Waals surface area contributed by atoms with Gasteiger partial charge in [-0.25, -0.2) is 0 Å². The van der Waals surface area contributed by atoms with Crippen LogP contribution < -0.4 is 20.7 Å². The number of carbonyl (C=O) groups is 2. The van der Waals surface area contributed by atoms with Gasteiger partial charge < -0.3 is 20.7 Å². The maximum absolute atomic E-state index is 12.1. The Morgan fingerprint density at radius 1 is 1.45 bits per heavy atom. The summed E-state index contributed by atoms with van der Waals surface area (Å²) in [7, 11) is 0. The third-order valence-corrected chi connectivity index (χ3v) is 3.55. The summed E-state index contributed by atoms with van der Waals surface area (Å²) >= 11 is 0. The van der Waals surface area contributed by atoms with Gasteiger partial charge >= 0.3 is 0 Å². The molecule has 2 aliphatic rings. The summed E-state index contributed by atoms with van der Waals surface area (Å²) in [5.41, 5.74) is 1.07. The van der Waals surface area contributed by atoms with E-state index in [9.17, 15) is 9.59 Å². The Bertz CT molecular complexity index is 538. The molecule has 106 valence electrons. The average Bonchev–Trinajstić information content (AvgIpc) is 2.97. The number of nitrogens with one attached hydrogen (secondary N) is 3. The lowest BCUT2D eigenvalue weighted by atomic mass is 10.1.